The summed E-state index contributed by atoms with van der Waals surface area (Å²) in [7, 11) is -4.03. The number of nitrogens with zero attached hydrogens (tertiary/aromatic N) is 4. The molecule has 2 aliphatic heterocycles. The Kier molecular flexibility index (Phi) is 27.0. The molecule has 0 bridgehead atoms. The fourth-order valence-electron chi connectivity index (χ4n) is 10.8. The number of carbonyl (C=O) groups excluding carboxylic acids is 5. The van der Waals surface area contributed by atoms with Crippen LogP contribution in [0.4, 0.5) is 21.0 Å². The highest BCUT2D eigenvalue weighted by Gasteiger charge is 2.39. The molecule has 25 heteroatoms. The van der Waals surface area contributed by atoms with Gasteiger partial charge < -0.3 is 62.3 Å². The first kappa shape index (κ1) is 77.9. The zero-order chi connectivity index (χ0) is 71.8. The highest BCUT2D eigenvalue weighted by atomic mass is 32.2. The minimum atomic E-state index is -4.03. The molecule has 5 aromatic rings. The maximum absolute atomic E-state index is 14.1. The number of ether oxygens (including phenoxy) is 11. The van der Waals surface area contributed by atoms with Crippen LogP contribution >= 0.6 is 0 Å². The minimum absolute atomic E-state index is 0.0524. The summed E-state index contributed by atoms with van der Waals surface area (Å²) in [6.07, 6.45) is 0.885. The van der Waals surface area contributed by atoms with Crippen LogP contribution in [0.5, 0.6) is 11.5 Å². The van der Waals surface area contributed by atoms with Gasteiger partial charge in [0.1, 0.15) is 60.3 Å². The quantitative estimate of drug-likeness (QED) is 0.0254. The molecule has 4 aromatic carbocycles. The first-order valence-electron chi connectivity index (χ1n) is 33.4. The number of para-hydroxylation sites is 1. The summed E-state index contributed by atoms with van der Waals surface area (Å²) >= 11 is 0. The van der Waals surface area contributed by atoms with Gasteiger partial charge in [0.05, 0.1) is 101 Å². The van der Waals surface area contributed by atoms with Crippen molar-refractivity contribution < 1.29 is 84.5 Å². The molecular weight excluding hydrogens is 1280 g/mol. The van der Waals surface area contributed by atoms with Crippen molar-refractivity contribution in [1.29, 1.82) is 0 Å². The summed E-state index contributed by atoms with van der Waals surface area (Å²) in [5.74, 6) is -0.525. The van der Waals surface area contributed by atoms with Gasteiger partial charge in [0.2, 0.25) is 15.5 Å². The van der Waals surface area contributed by atoms with E-state index >= 15 is 0 Å². The molecule has 98 heavy (non-hydrogen) atoms. The third kappa shape index (κ3) is 22.8. The van der Waals surface area contributed by atoms with Crippen LogP contribution in [0.15, 0.2) is 94.7 Å². The van der Waals surface area contributed by atoms with Gasteiger partial charge in [0, 0.05) is 36.4 Å². The molecule has 1 N–H and O–H groups in total. The second kappa shape index (κ2) is 34.0. The first-order valence-corrected chi connectivity index (χ1v) is 34.8. The van der Waals surface area contributed by atoms with Gasteiger partial charge in [-0.1, -0.05) is 65.8 Å². The van der Waals surface area contributed by atoms with E-state index in [1.165, 1.54) is 43.1 Å². The number of sulfonamides is 1. The van der Waals surface area contributed by atoms with Crippen LogP contribution in [0.3, 0.4) is 0 Å². The summed E-state index contributed by atoms with van der Waals surface area (Å²) in [6, 6.07) is 22.3. The lowest BCUT2D eigenvalue weighted by molar-refractivity contribution is -0.155. The monoisotopic (exact) mass is 1380 g/mol. The van der Waals surface area contributed by atoms with Crippen LogP contribution in [-0.2, 0) is 68.3 Å². The predicted molar refractivity (Wildman–Crippen MR) is 372 cm³/mol. The zero-order valence-electron chi connectivity index (χ0n) is 59.8. The van der Waals surface area contributed by atoms with E-state index in [9.17, 15) is 37.2 Å². The Morgan fingerprint density at radius 2 is 1.05 bits per heavy atom. The maximum atomic E-state index is 14.1. The first-order chi connectivity index (χ1) is 46.0. The van der Waals surface area contributed by atoms with Gasteiger partial charge in [-0.15, -0.1) is 0 Å². The molecule has 2 aliphatic rings. The van der Waals surface area contributed by atoms with Crippen LogP contribution in [0.2, 0.25) is 0 Å². The number of carbonyl (C=O) groups is 5. The predicted octanol–water partition coefficient (Wildman–Crippen LogP) is 11.3. The number of nitrogens with one attached hydrogen (secondary N) is 1. The lowest BCUT2D eigenvalue weighted by atomic mass is 9.79. The molecule has 1 aromatic heterocycles. The van der Waals surface area contributed by atoms with Crippen LogP contribution in [-0.4, -0.2) is 188 Å². The molecule has 0 atom stereocenters. The number of pyridine rings is 1. The molecule has 0 aliphatic carbocycles. The number of esters is 1. The summed E-state index contributed by atoms with van der Waals surface area (Å²) < 4.78 is 93.8. The van der Waals surface area contributed by atoms with Crippen molar-refractivity contribution in [2.45, 2.75) is 155 Å². The Morgan fingerprint density at radius 1 is 0.551 bits per heavy atom. The Morgan fingerprint density at radius 3 is 1.57 bits per heavy atom. The average molecular weight is 1380 g/mol. The van der Waals surface area contributed by atoms with Crippen molar-refractivity contribution >= 4 is 62.3 Å². The lowest BCUT2D eigenvalue weighted by Gasteiger charge is -2.37. The fourth-order valence-corrected chi connectivity index (χ4v) is 12.3. The molecule has 0 saturated carbocycles. The van der Waals surface area contributed by atoms with E-state index in [2.05, 4.69) is 26.1 Å². The normalized spacial score (nSPS) is 14.5. The van der Waals surface area contributed by atoms with Gasteiger partial charge in [-0.05, 0) is 157 Å². The van der Waals surface area contributed by atoms with Crippen LogP contribution < -0.4 is 25.1 Å². The van der Waals surface area contributed by atoms with Crippen molar-refractivity contribution in [1.82, 2.24) is 13.8 Å². The SMILES string of the molecule is CC(C)(C)OC(=O)CN1CN(C(=O)OC(C)(C)C)c2cc(S(=O)(=O)N3CCC(c4ccc(OCCOCCOCCOCCOCCOCCOCCOc5cc(NC(=O)c6cn(C(=O)OC(C)(C)C)c7ccccc7c6=O)c(C(C)(C)C)cc5C(C)(C)C)cc4)CC3)ccc2C1=O. The summed E-state index contributed by atoms with van der Waals surface area (Å²) in [5, 5.41) is 3.18. The number of benzene rings is 4. The topological polar surface area (TPSA) is 265 Å². The van der Waals surface area contributed by atoms with Crippen molar-refractivity contribution in [3.63, 3.8) is 0 Å². The van der Waals surface area contributed by atoms with Gasteiger partial charge in [0.15, 0.2) is 0 Å². The Hall–Kier alpha value is -7.49. The number of hydrogen-bond donors (Lipinski definition) is 1. The van der Waals surface area contributed by atoms with Gasteiger partial charge in [0.25, 0.3) is 11.8 Å². The Balaban J connectivity index is 0.722. The molecule has 7 rings (SSSR count). The largest absolute Gasteiger partial charge is 0.491 e. The van der Waals surface area contributed by atoms with Crippen LogP contribution in [0, 0.1) is 0 Å². The second-order valence-corrected chi connectivity index (χ2v) is 31.0. The number of piperidine rings is 1. The minimum Gasteiger partial charge on any atom is -0.491 e. The van der Waals surface area contributed by atoms with Crippen molar-refractivity contribution in [2.24, 2.45) is 0 Å². The van der Waals surface area contributed by atoms with E-state index < -0.39 is 74.2 Å². The molecular formula is C73H101N5O19S. The number of anilines is 2. The van der Waals surface area contributed by atoms with Crippen LogP contribution in [0.25, 0.3) is 10.9 Å². The molecule has 0 radical (unpaired) electrons. The molecule has 24 nitrogen and oxygen atoms in total. The number of amides is 3. The van der Waals surface area contributed by atoms with E-state index in [4.69, 9.17) is 52.1 Å². The molecule has 3 heterocycles. The van der Waals surface area contributed by atoms with E-state index in [-0.39, 0.29) is 71.4 Å². The third-order valence-corrected chi connectivity index (χ3v) is 17.4. The highest BCUT2D eigenvalue weighted by molar-refractivity contribution is 7.89. The van der Waals surface area contributed by atoms with Crippen LogP contribution in [0.1, 0.15) is 160 Å². The van der Waals surface area contributed by atoms with Crippen molar-refractivity contribution in [3.8, 4) is 11.5 Å². The van der Waals surface area contributed by atoms with Gasteiger partial charge >= 0.3 is 18.2 Å². The van der Waals surface area contributed by atoms with E-state index in [1.807, 2.05) is 51.1 Å². The highest BCUT2D eigenvalue weighted by Crippen LogP contribution is 2.41. The van der Waals surface area contributed by atoms with E-state index in [1.54, 1.807) is 92.6 Å². The number of rotatable bonds is 30. The molecule has 3 amide bonds. The second-order valence-electron chi connectivity index (χ2n) is 29.0. The van der Waals surface area contributed by atoms with Gasteiger partial charge in [-0.3, -0.25) is 28.6 Å². The number of hydrogen-bond acceptors (Lipinski definition) is 19. The lowest BCUT2D eigenvalue weighted by Crippen LogP contribution is -2.52. The number of fused-ring (bicyclic) bond motifs is 2. The molecule has 0 unspecified atom stereocenters. The third-order valence-electron chi connectivity index (χ3n) is 15.5. The summed E-state index contributed by atoms with van der Waals surface area (Å²) in [5.41, 5.74) is -0.236. The van der Waals surface area contributed by atoms with Gasteiger partial charge in [-0.25, -0.2) is 18.0 Å². The fraction of sp³-hybridized carbons (Fsp3) is 0.562. The van der Waals surface area contributed by atoms with E-state index in [0.29, 0.717) is 115 Å². The van der Waals surface area contributed by atoms with E-state index in [0.717, 1.165) is 16.7 Å². The average Bonchev–Trinajstić information content (AvgIpc) is 0.766. The van der Waals surface area contributed by atoms with Gasteiger partial charge in [-0.2, -0.15) is 4.31 Å². The molecule has 1 saturated heterocycles. The van der Waals surface area contributed by atoms with Crippen molar-refractivity contribution in [2.75, 3.05) is 129 Å². The summed E-state index contributed by atoms with van der Waals surface area (Å²) in [4.78, 5) is 83.5. The number of aromatic nitrogens is 1. The molecule has 538 valence electrons. The Bertz CT molecular complexity index is 3720. The molecule has 1 fully saturated rings. The molecule has 0 spiro atoms. The standard InChI is InChI=1S/C73H101N5O19S/c1-69(2,3)57-45-58(70(4,5)6)62(46-59(57)74-65(81)56-47-77(67(83)96-72(10,11)12)60-19-17-16-18-54(60)64(56)80)94-43-41-92-39-37-90-35-33-88-31-30-87-32-34-89-36-38-91-40-42-93-52-22-20-50(21-23-52)51-26-28-76(29-27-51)98(85,86)53-24-25-55-61(44-53)78(68(84)97-73(13,14)15)49-75(66(55)82)48-63(79)95-71(7,8)9/h16-25,44-47,51H,26-43,48-49H2,1-15H3,(H,74,81). The van der Waals surface area contributed by atoms with Crippen molar-refractivity contribution in [3.05, 3.63) is 123 Å². The zero-order valence-corrected chi connectivity index (χ0v) is 60.6. The smallest absolute Gasteiger partial charge is 0.419 e. The summed E-state index contributed by atoms with van der Waals surface area (Å²) in [6.45, 7) is 32.7. The Labute approximate surface area is 576 Å². The maximum Gasteiger partial charge on any atom is 0.419 e.